The van der Waals surface area contributed by atoms with E-state index >= 15 is 0 Å². The largest absolute Gasteiger partial charge is 0.508 e. The van der Waals surface area contributed by atoms with Crippen molar-refractivity contribution in [2.24, 2.45) is 17.4 Å². The molecule has 13 atom stereocenters. The van der Waals surface area contributed by atoms with Gasteiger partial charge in [-0.2, -0.15) is 24.4 Å². The number of primary amides is 1. The smallest absolute Gasteiger partial charge is 0.326 e. The number of benzene rings is 2. The molecule has 3 aliphatic rings. The van der Waals surface area contributed by atoms with E-state index in [0.717, 1.165) is 6.92 Å². The zero-order valence-electron chi connectivity index (χ0n) is 55.4. The van der Waals surface area contributed by atoms with E-state index in [2.05, 4.69) is 65.1 Å². The van der Waals surface area contributed by atoms with Crippen LogP contribution >= 0.6 is 24.4 Å². The lowest BCUT2D eigenvalue weighted by atomic mass is 10.0. The third kappa shape index (κ3) is 22.5. The van der Waals surface area contributed by atoms with Gasteiger partial charge in [0.15, 0.2) is 0 Å². The zero-order valence-corrected chi connectivity index (χ0v) is 57.1. The van der Waals surface area contributed by atoms with E-state index < -0.39 is 175 Å². The Bertz CT molecular complexity index is 3330. The van der Waals surface area contributed by atoms with E-state index in [1.165, 1.54) is 87.5 Å². The van der Waals surface area contributed by atoms with Gasteiger partial charge in [-0.15, -0.1) is 0 Å². The fourth-order valence-electron chi connectivity index (χ4n) is 11.7. The summed E-state index contributed by atoms with van der Waals surface area (Å²) in [5.74, 6) is -12.3. The molecule has 3 saturated heterocycles. The normalized spacial score (nSPS) is 19.0. The number of carbonyl (C=O) groups is 13. The van der Waals surface area contributed by atoms with Crippen molar-refractivity contribution < 1.29 is 87.9 Å². The van der Waals surface area contributed by atoms with Crippen LogP contribution in [0.15, 0.2) is 61.1 Å². The van der Waals surface area contributed by atoms with Crippen molar-refractivity contribution in [1.82, 2.24) is 67.2 Å². The number of nitrogens with one attached hydrogen (secondary N) is 9. The first-order chi connectivity index (χ1) is 47.0. The van der Waals surface area contributed by atoms with Gasteiger partial charge in [0.05, 0.1) is 25.1 Å². The lowest BCUT2D eigenvalue weighted by molar-refractivity contribution is -0.148. The summed E-state index contributed by atoms with van der Waals surface area (Å²) >= 11 is 5.47. The number of H-pyrrole nitrogens is 1. The standard InChI is InChI=1S/C64H91N15O18S2/c1-33(2)51(66)63(95)79-24-7-10-49(79)62(94)78-23-6-9-48(78)59(91)72-43(28-37-29-67-32-68-37)61(93)77-22-5-8-47(77)58(90)70-41(21-25-99-4)54(86)76-52(34(3)81)60(92)71-42(26-35-11-15-38(82)16-12-35)55(87)74-45(30-80)56(88)75-46(31-98)57(89)69-40(19-20-50(65)84)53(85)73-44(64(96)97)27-36-13-17-39(83)18-14-36/h11-18,29,32-34,40-49,51-52,80-83,98H,5-10,19-28,30-31,66H2,1-4H3,(H2,65,84)(H,67,68)(H,69,89)(H,70,90)(H,71,92)(H,72,91)(H,73,85)(H,74,87)(H,75,88)(H,76,86)(H,96,97)/t34-,40+,41+,42+,43+,44+,45+,46+,47+,48+,49+,51+,52+/m1/s1. The molecule has 18 N–H and O–H groups in total. The molecule has 2 aromatic carbocycles. The Hall–Kier alpha value is -9.06. The SMILES string of the molecule is CSCC[C@H](NC(=O)[C@@H]1CCCN1C(=O)[C@H](Cc1cnc[nH]1)NC(=O)[C@@H]1CCCN1C(=O)[C@@H]1CCCN1C(=O)[C@@H](N)C(C)C)C(=O)N[C@H](C(=O)N[C@@H](Cc1ccc(O)cc1)C(=O)N[C@@H](CO)C(=O)N[C@@H](CS)C(=O)N[C@@H](CCC(N)=O)C(=O)N[C@@H](Cc1ccc(O)cc1)C(=O)O)[C@@H](C)O. The molecular formula is C64H91N15O18S2. The summed E-state index contributed by atoms with van der Waals surface area (Å²) in [5.41, 5.74) is 12.7. The van der Waals surface area contributed by atoms with Crippen LogP contribution in [-0.4, -0.2) is 250 Å². The molecule has 1 aromatic heterocycles. The van der Waals surface area contributed by atoms with Crippen molar-refractivity contribution in [2.45, 2.75) is 176 Å². The first-order valence-corrected chi connectivity index (χ1v) is 34.6. The number of rotatable bonds is 36. The molecule has 35 heteroatoms. The minimum atomic E-state index is -1.87. The number of aliphatic hydroxyl groups excluding tert-OH is 2. The number of carboxylic acid groups (broad SMARTS) is 1. The first kappa shape index (κ1) is 78.9. The summed E-state index contributed by atoms with van der Waals surface area (Å²) in [5, 5.41) is 70.9. The zero-order chi connectivity index (χ0) is 72.8. The third-order valence-electron chi connectivity index (χ3n) is 17.3. The highest BCUT2D eigenvalue weighted by Gasteiger charge is 2.46. The van der Waals surface area contributed by atoms with E-state index in [1.807, 2.05) is 13.8 Å². The number of carboxylic acids is 1. The molecule has 12 amide bonds. The van der Waals surface area contributed by atoms with Crippen molar-refractivity contribution in [1.29, 1.82) is 0 Å². The Morgan fingerprint density at radius 1 is 0.596 bits per heavy atom. The average Bonchev–Trinajstić information content (AvgIpc) is 1.69. The van der Waals surface area contributed by atoms with Crippen LogP contribution < -0.4 is 54.0 Å². The fourth-order valence-corrected chi connectivity index (χ4v) is 12.4. The van der Waals surface area contributed by atoms with E-state index in [0.29, 0.717) is 49.0 Å². The van der Waals surface area contributed by atoms with Gasteiger partial charge in [0.25, 0.3) is 0 Å². The maximum atomic E-state index is 14.8. The summed E-state index contributed by atoms with van der Waals surface area (Å²) < 4.78 is 0. The number of imidazole rings is 1. The second kappa shape index (κ2) is 37.8. The Morgan fingerprint density at radius 3 is 1.59 bits per heavy atom. The van der Waals surface area contributed by atoms with Gasteiger partial charge in [0, 0.05) is 63.0 Å². The van der Waals surface area contributed by atoms with Gasteiger partial charge in [-0.3, -0.25) is 57.5 Å². The van der Waals surface area contributed by atoms with Crippen LogP contribution in [0.25, 0.3) is 0 Å². The molecule has 0 bridgehead atoms. The molecule has 4 heterocycles. The Labute approximate surface area is 581 Å². The van der Waals surface area contributed by atoms with Gasteiger partial charge in [0.2, 0.25) is 70.9 Å². The molecule has 0 aliphatic carbocycles. The van der Waals surface area contributed by atoms with Crippen LogP contribution in [0.3, 0.4) is 0 Å². The molecule has 542 valence electrons. The molecule has 99 heavy (non-hydrogen) atoms. The number of aromatic nitrogens is 2. The minimum absolute atomic E-state index is 0.0341. The van der Waals surface area contributed by atoms with Crippen LogP contribution in [-0.2, 0) is 81.6 Å². The first-order valence-electron chi connectivity index (χ1n) is 32.6. The summed E-state index contributed by atoms with van der Waals surface area (Å²) in [6, 6.07) is -5.86. The Balaban J connectivity index is 1.13. The second-order valence-electron chi connectivity index (χ2n) is 25.0. The maximum absolute atomic E-state index is 14.8. The van der Waals surface area contributed by atoms with Crippen LogP contribution in [0.5, 0.6) is 11.5 Å². The number of carbonyl (C=O) groups excluding carboxylic acids is 12. The Morgan fingerprint density at radius 2 is 1.06 bits per heavy atom. The number of hydrogen-bond acceptors (Lipinski definition) is 21. The lowest BCUT2D eigenvalue weighted by Gasteiger charge is -2.34. The van der Waals surface area contributed by atoms with E-state index in [1.54, 1.807) is 6.26 Å². The molecule has 3 aliphatic heterocycles. The molecule has 0 unspecified atom stereocenters. The predicted octanol–water partition coefficient (Wildman–Crippen LogP) is -3.91. The maximum Gasteiger partial charge on any atom is 0.326 e. The summed E-state index contributed by atoms with van der Waals surface area (Å²) in [4.78, 5) is 191. The monoisotopic (exact) mass is 1420 g/mol. The van der Waals surface area contributed by atoms with Crippen LogP contribution in [0, 0.1) is 5.92 Å². The lowest BCUT2D eigenvalue weighted by Crippen LogP contribution is -2.62. The number of nitrogens with zero attached hydrogens (tertiary/aromatic N) is 4. The van der Waals surface area contributed by atoms with Crippen molar-refractivity contribution >= 4 is 101 Å². The highest BCUT2D eigenvalue weighted by atomic mass is 32.2. The number of likely N-dealkylation sites (tertiary alicyclic amines) is 3. The molecule has 33 nitrogen and oxygen atoms in total. The topological polar surface area (TPSA) is 510 Å². The van der Waals surface area contributed by atoms with Crippen LogP contribution in [0.1, 0.15) is 95.4 Å². The highest BCUT2D eigenvalue weighted by molar-refractivity contribution is 7.98. The number of thiol groups is 1. The Kier molecular flexibility index (Phi) is 30.1. The summed E-state index contributed by atoms with van der Waals surface area (Å²) in [7, 11) is 0. The molecular weight excluding hydrogens is 1330 g/mol. The minimum Gasteiger partial charge on any atom is -0.508 e. The molecule has 0 spiro atoms. The number of aromatic amines is 1. The van der Waals surface area contributed by atoms with Gasteiger partial charge in [-0.05, 0) is 112 Å². The van der Waals surface area contributed by atoms with E-state index in [4.69, 9.17) is 11.5 Å². The van der Waals surface area contributed by atoms with Crippen molar-refractivity contribution in [3.8, 4) is 11.5 Å². The number of phenolic OH excluding ortho intramolecular Hbond substituents is 2. The number of aliphatic hydroxyl groups is 2. The molecule has 6 rings (SSSR count). The second-order valence-corrected chi connectivity index (χ2v) is 26.4. The van der Waals surface area contributed by atoms with Crippen molar-refractivity contribution in [3.05, 3.63) is 77.9 Å². The number of aliphatic carboxylic acids is 1. The number of thioether (sulfide) groups is 1. The summed E-state index contributed by atoms with van der Waals surface area (Å²) in [6.45, 7) is 4.30. The quantitative estimate of drug-likeness (QED) is 0.0247. The molecule has 0 radical (unpaired) electrons. The van der Waals surface area contributed by atoms with Gasteiger partial charge in [-0.25, -0.2) is 9.78 Å². The van der Waals surface area contributed by atoms with Crippen molar-refractivity contribution in [2.75, 3.05) is 44.0 Å². The summed E-state index contributed by atoms with van der Waals surface area (Å²) in [6.07, 6.45) is 3.43. The molecule has 0 saturated carbocycles. The van der Waals surface area contributed by atoms with Gasteiger partial charge in [-0.1, -0.05) is 38.1 Å². The molecule has 3 aromatic rings. The fraction of sp³-hybridized carbons (Fsp3) is 0.562. The average molecular weight is 1420 g/mol. The number of amides is 12. The van der Waals surface area contributed by atoms with Crippen molar-refractivity contribution in [3.63, 3.8) is 0 Å². The molecule has 3 fully saturated rings. The van der Waals surface area contributed by atoms with E-state index in [9.17, 15) is 87.9 Å². The van der Waals surface area contributed by atoms with E-state index in [-0.39, 0.29) is 80.7 Å². The number of nitrogens with two attached hydrogens (primary N) is 2. The van der Waals surface area contributed by atoms with Gasteiger partial charge in [0.1, 0.15) is 78.0 Å². The van der Waals surface area contributed by atoms with Gasteiger partial charge >= 0.3 is 5.97 Å². The van der Waals surface area contributed by atoms with Crippen LogP contribution in [0.2, 0.25) is 0 Å². The number of aromatic hydroxyl groups is 2. The van der Waals surface area contributed by atoms with Gasteiger partial charge < -0.3 is 99.2 Å². The number of phenols is 2. The van der Waals surface area contributed by atoms with Crippen LogP contribution in [0.4, 0.5) is 0 Å². The third-order valence-corrected chi connectivity index (χ3v) is 18.4. The predicted molar refractivity (Wildman–Crippen MR) is 360 cm³/mol. The number of hydrogen-bond donors (Lipinski definition) is 17. The highest BCUT2D eigenvalue weighted by Crippen LogP contribution is 2.28.